The standard InChI is InChI=1S/C17H22N2O4S/c20-15(18-13-2-1-11(9-13)17(22)23)3-4-16(21)19-7-5-14-12(10-19)6-8-24-14/h6,8,11,13H,1-5,7,9-10H2,(H,18,20)(H,22,23)/t11-,13+/m1/s1. The van der Waals surface area contributed by atoms with E-state index in [1.165, 1.54) is 10.4 Å². The van der Waals surface area contributed by atoms with Gasteiger partial charge in [0.2, 0.25) is 11.8 Å². The van der Waals surface area contributed by atoms with Crippen LogP contribution in [0.2, 0.25) is 0 Å². The van der Waals surface area contributed by atoms with Gasteiger partial charge in [-0.25, -0.2) is 0 Å². The third kappa shape index (κ3) is 3.95. The fourth-order valence-electron chi connectivity index (χ4n) is 3.48. The first-order valence-electron chi connectivity index (χ1n) is 8.38. The van der Waals surface area contributed by atoms with Crippen LogP contribution in [0.25, 0.3) is 0 Å². The molecule has 0 spiro atoms. The van der Waals surface area contributed by atoms with E-state index < -0.39 is 5.97 Å². The van der Waals surface area contributed by atoms with Gasteiger partial charge in [0.15, 0.2) is 0 Å². The molecule has 24 heavy (non-hydrogen) atoms. The predicted octanol–water partition coefficient (Wildman–Crippen LogP) is 1.78. The summed E-state index contributed by atoms with van der Waals surface area (Å²) in [4.78, 5) is 38.4. The summed E-state index contributed by atoms with van der Waals surface area (Å²) in [6.45, 7) is 1.36. The largest absolute Gasteiger partial charge is 0.481 e. The molecule has 0 saturated heterocycles. The maximum Gasteiger partial charge on any atom is 0.306 e. The van der Waals surface area contributed by atoms with Crippen LogP contribution in [0.15, 0.2) is 11.4 Å². The van der Waals surface area contributed by atoms with E-state index in [0.717, 1.165) is 13.0 Å². The quantitative estimate of drug-likeness (QED) is 0.847. The van der Waals surface area contributed by atoms with Gasteiger partial charge in [0.05, 0.1) is 5.92 Å². The van der Waals surface area contributed by atoms with E-state index in [2.05, 4.69) is 16.8 Å². The minimum absolute atomic E-state index is 0.0110. The molecule has 6 nitrogen and oxygen atoms in total. The van der Waals surface area contributed by atoms with Crippen molar-refractivity contribution >= 4 is 29.1 Å². The van der Waals surface area contributed by atoms with Crippen molar-refractivity contribution in [2.75, 3.05) is 6.54 Å². The molecule has 3 rings (SSSR count). The van der Waals surface area contributed by atoms with Gasteiger partial charge < -0.3 is 15.3 Å². The van der Waals surface area contributed by atoms with E-state index in [1.54, 1.807) is 11.3 Å². The fourth-order valence-corrected chi connectivity index (χ4v) is 4.37. The second-order valence-electron chi connectivity index (χ2n) is 6.55. The molecule has 2 amide bonds. The smallest absolute Gasteiger partial charge is 0.306 e. The SMILES string of the molecule is O=C(CCC(=O)N1CCc2sccc2C1)N[C@H]1CC[C@@H](C(=O)O)C1. The Morgan fingerprint density at radius 2 is 2.12 bits per heavy atom. The summed E-state index contributed by atoms with van der Waals surface area (Å²) in [5, 5.41) is 13.9. The van der Waals surface area contributed by atoms with Crippen molar-refractivity contribution in [2.45, 2.75) is 51.1 Å². The van der Waals surface area contributed by atoms with Gasteiger partial charge in [-0.05, 0) is 42.7 Å². The van der Waals surface area contributed by atoms with Crippen LogP contribution >= 0.6 is 11.3 Å². The Kier molecular flexibility index (Phi) is 5.18. The van der Waals surface area contributed by atoms with Crippen molar-refractivity contribution in [3.63, 3.8) is 0 Å². The number of nitrogens with zero attached hydrogens (tertiary/aromatic N) is 1. The van der Waals surface area contributed by atoms with Crippen LogP contribution in [0.3, 0.4) is 0 Å². The molecule has 1 saturated carbocycles. The highest BCUT2D eigenvalue weighted by atomic mass is 32.1. The summed E-state index contributed by atoms with van der Waals surface area (Å²) in [5.74, 6) is -1.30. The Morgan fingerprint density at radius 1 is 1.29 bits per heavy atom. The van der Waals surface area contributed by atoms with Gasteiger partial charge >= 0.3 is 5.97 Å². The molecule has 1 aliphatic carbocycles. The Morgan fingerprint density at radius 3 is 2.88 bits per heavy atom. The van der Waals surface area contributed by atoms with Crippen molar-refractivity contribution < 1.29 is 19.5 Å². The zero-order valence-electron chi connectivity index (χ0n) is 13.5. The van der Waals surface area contributed by atoms with E-state index in [4.69, 9.17) is 5.11 Å². The molecule has 7 heteroatoms. The van der Waals surface area contributed by atoms with Crippen LogP contribution in [0, 0.1) is 5.92 Å². The van der Waals surface area contributed by atoms with Crippen molar-refractivity contribution in [3.8, 4) is 0 Å². The fraction of sp³-hybridized carbons (Fsp3) is 0.588. The van der Waals surface area contributed by atoms with Gasteiger partial charge in [-0.2, -0.15) is 0 Å². The van der Waals surface area contributed by atoms with Gasteiger partial charge in [0, 0.05) is 36.9 Å². The first kappa shape index (κ1) is 17.0. The number of hydrogen-bond acceptors (Lipinski definition) is 4. The minimum Gasteiger partial charge on any atom is -0.481 e. The number of carboxylic acids is 1. The lowest BCUT2D eigenvalue weighted by molar-refractivity contribution is -0.141. The third-order valence-electron chi connectivity index (χ3n) is 4.87. The second-order valence-corrected chi connectivity index (χ2v) is 7.55. The second kappa shape index (κ2) is 7.34. The number of rotatable bonds is 5. The molecule has 1 aliphatic heterocycles. The zero-order chi connectivity index (χ0) is 17.1. The van der Waals surface area contributed by atoms with Gasteiger partial charge in [-0.3, -0.25) is 14.4 Å². The van der Waals surface area contributed by atoms with Crippen molar-refractivity contribution in [2.24, 2.45) is 5.92 Å². The number of carbonyl (C=O) groups excluding carboxylic acids is 2. The number of aliphatic carboxylic acids is 1. The molecule has 1 aromatic heterocycles. The summed E-state index contributed by atoms with van der Waals surface area (Å²) < 4.78 is 0. The van der Waals surface area contributed by atoms with Crippen molar-refractivity contribution in [3.05, 3.63) is 21.9 Å². The maximum absolute atomic E-state index is 12.3. The maximum atomic E-state index is 12.3. The molecule has 130 valence electrons. The van der Waals surface area contributed by atoms with E-state index in [9.17, 15) is 14.4 Å². The van der Waals surface area contributed by atoms with E-state index in [1.807, 2.05) is 4.90 Å². The summed E-state index contributed by atoms with van der Waals surface area (Å²) in [7, 11) is 0. The molecule has 0 bridgehead atoms. The van der Waals surface area contributed by atoms with Gasteiger partial charge in [-0.15, -0.1) is 11.3 Å². The average molecular weight is 350 g/mol. The molecule has 2 heterocycles. The number of nitrogens with one attached hydrogen (secondary N) is 1. The average Bonchev–Trinajstić information content (AvgIpc) is 3.20. The number of fused-ring (bicyclic) bond motifs is 1. The normalized spacial score (nSPS) is 22.9. The lowest BCUT2D eigenvalue weighted by Gasteiger charge is -2.27. The Labute approximate surface area is 144 Å². The summed E-state index contributed by atoms with van der Waals surface area (Å²) >= 11 is 1.73. The summed E-state index contributed by atoms with van der Waals surface area (Å²) in [6, 6.07) is 1.99. The van der Waals surface area contributed by atoms with Crippen LogP contribution < -0.4 is 5.32 Å². The van der Waals surface area contributed by atoms with Gasteiger partial charge in [0.1, 0.15) is 0 Å². The highest BCUT2D eigenvalue weighted by Crippen LogP contribution is 2.26. The summed E-state index contributed by atoms with van der Waals surface area (Å²) in [5.41, 5.74) is 1.22. The number of hydrogen-bond donors (Lipinski definition) is 2. The number of carbonyl (C=O) groups is 3. The Hall–Kier alpha value is -1.89. The van der Waals surface area contributed by atoms with Crippen LogP contribution in [-0.4, -0.2) is 40.4 Å². The van der Waals surface area contributed by atoms with Crippen LogP contribution in [0.5, 0.6) is 0 Å². The molecule has 2 aliphatic rings. The molecule has 0 unspecified atom stereocenters. The Balaban J connectivity index is 1.40. The lowest BCUT2D eigenvalue weighted by atomic mass is 10.1. The molecule has 1 fully saturated rings. The molecule has 2 atom stereocenters. The number of thiophene rings is 1. The molecular formula is C17H22N2O4S. The van der Waals surface area contributed by atoms with E-state index >= 15 is 0 Å². The topological polar surface area (TPSA) is 86.7 Å². The highest BCUT2D eigenvalue weighted by molar-refractivity contribution is 7.10. The molecule has 0 aromatic carbocycles. The Bertz CT molecular complexity index is 642. The predicted molar refractivity (Wildman–Crippen MR) is 89.6 cm³/mol. The summed E-state index contributed by atoms with van der Waals surface area (Å²) in [6.07, 6.45) is 3.06. The zero-order valence-corrected chi connectivity index (χ0v) is 14.3. The van der Waals surface area contributed by atoms with E-state index in [0.29, 0.717) is 25.8 Å². The molecule has 2 N–H and O–H groups in total. The first-order chi connectivity index (χ1) is 11.5. The van der Waals surface area contributed by atoms with Crippen LogP contribution in [0.4, 0.5) is 0 Å². The molecular weight excluding hydrogens is 328 g/mol. The van der Waals surface area contributed by atoms with E-state index in [-0.39, 0.29) is 36.6 Å². The van der Waals surface area contributed by atoms with Gasteiger partial charge in [-0.1, -0.05) is 0 Å². The van der Waals surface area contributed by atoms with Crippen LogP contribution in [0.1, 0.15) is 42.5 Å². The third-order valence-corrected chi connectivity index (χ3v) is 5.90. The number of amides is 2. The highest BCUT2D eigenvalue weighted by Gasteiger charge is 2.30. The number of carboxylic acid groups (broad SMARTS) is 1. The first-order valence-corrected chi connectivity index (χ1v) is 9.26. The monoisotopic (exact) mass is 350 g/mol. The minimum atomic E-state index is -0.792. The molecule has 0 radical (unpaired) electrons. The molecule has 1 aromatic rings. The van der Waals surface area contributed by atoms with Gasteiger partial charge in [0.25, 0.3) is 0 Å². The van der Waals surface area contributed by atoms with Crippen molar-refractivity contribution in [1.82, 2.24) is 10.2 Å². The van der Waals surface area contributed by atoms with Crippen LogP contribution in [-0.2, 0) is 27.3 Å². The lowest BCUT2D eigenvalue weighted by Crippen LogP contribution is -2.37. The van der Waals surface area contributed by atoms with Crippen molar-refractivity contribution in [1.29, 1.82) is 0 Å².